The van der Waals surface area contributed by atoms with Gasteiger partial charge in [-0.3, -0.25) is 4.79 Å². The van der Waals surface area contributed by atoms with Gasteiger partial charge < -0.3 is 15.0 Å². The van der Waals surface area contributed by atoms with Gasteiger partial charge in [-0.2, -0.15) is 0 Å². The molecule has 6 heteroatoms. The van der Waals surface area contributed by atoms with E-state index in [0.29, 0.717) is 21.7 Å². The predicted octanol–water partition coefficient (Wildman–Crippen LogP) is 2.83. The van der Waals surface area contributed by atoms with E-state index in [-0.39, 0.29) is 5.91 Å². The van der Waals surface area contributed by atoms with E-state index in [4.69, 9.17) is 27.9 Å². The second kappa shape index (κ2) is 7.34. The van der Waals surface area contributed by atoms with Crippen LogP contribution in [0.25, 0.3) is 0 Å². The van der Waals surface area contributed by atoms with Crippen molar-refractivity contribution in [1.82, 2.24) is 10.2 Å². The summed E-state index contributed by atoms with van der Waals surface area (Å²) in [6, 6.07) is 5.15. The number of ether oxygens (including phenoxy) is 1. The molecule has 0 radical (unpaired) electrons. The maximum Gasteiger partial charge on any atom is 0.263 e. The largest absolute Gasteiger partial charge is 0.479 e. The number of rotatable bonds is 5. The lowest BCUT2D eigenvalue weighted by molar-refractivity contribution is -0.136. The van der Waals surface area contributed by atoms with Gasteiger partial charge in [0.25, 0.3) is 5.91 Å². The maximum absolute atomic E-state index is 12.4. The summed E-state index contributed by atoms with van der Waals surface area (Å²) in [6.45, 7) is 4.23. The summed E-state index contributed by atoms with van der Waals surface area (Å²) in [6.07, 6.45) is 0.450. The van der Waals surface area contributed by atoms with Crippen molar-refractivity contribution in [2.45, 2.75) is 19.4 Å². The maximum atomic E-state index is 12.4. The summed E-state index contributed by atoms with van der Waals surface area (Å²) in [7, 11) is 1.93. The highest BCUT2D eigenvalue weighted by Gasteiger charge is 2.29. The monoisotopic (exact) mass is 330 g/mol. The predicted molar refractivity (Wildman–Crippen MR) is 85.2 cm³/mol. The Morgan fingerprint density at radius 2 is 2.29 bits per heavy atom. The Morgan fingerprint density at radius 1 is 1.52 bits per heavy atom. The summed E-state index contributed by atoms with van der Waals surface area (Å²) in [5, 5.41) is 3.91. The molecule has 2 atom stereocenters. The number of carbonyl (C=O) groups excluding carboxylic acids is 1. The van der Waals surface area contributed by atoms with Gasteiger partial charge in [0.2, 0.25) is 0 Å². The number of hydrogen-bond acceptors (Lipinski definition) is 3. The van der Waals surface area contributed by atoms with Crippen LogP contribution in [-0.4, -0.2) is 43.6 Å². The molecule has 1 aliphatic heterocycles. The Labute approximate surface area is 135 Å². The number of halogens is 2. The molecule has 1 aromatic rings. The molecule has 0 spiro atoms. The van der Waals surface area contributed by atoms with Gasteiger partial charge in [0.1, 0.15) is 10.8 Å². The van der Waals surface area contributed by atoms with Crippen molar-refractivity contribution >= 4 is 29.1 Å². The lowest BCUT2D eigenvalue weighted by Crippen LogP contribution is -2.39. The Balaban J connectivity index is 1.95. The fraction of sp³-hybridized carbons (Fsp3) is 0.533. The van der Waals surface area contributed by atoms with Gasteiger partial charge in [-0.25, -0.2) is 0 Å². The summed E-state index contributed by atoms with van der Waals surface area (Å²) in [5.41, 5.74) is 0. The number of carbonyl (C=O) groups is 1. The van der Waals surface area contributed by atoms with Crippen LogP contribution in [0.5, 0.6) is 5.75 Å². The van der Waals surface area contributed by atoms with Crippen molar-refractivity contribution in [2.75, 3.05) is 26.7 Å². The van der Waals surface area contributed by atoms with Crippen molar-refractivity contribution in [3.8, 4) is 5.75 Å². The standard InChI is InChI=1S/C15H20Cl2N2O2/c1-10(21-13-5-3-4-12(16)14(13)17)15(20)19-7-6-11(9-19)8-18-2/h3-5,10-11,18H,6-9H2,1-2H3/t10-,11-/m0/s1. The normalized spacial score (nSPS) is 19.6. The van der Waals surface area contributed by atoms with E-state index in [0.717, 1.165) is 26.1 Å². The van der Waals surface area contributed by atoms with Gasteiger partial charge >= 0.3 is 0 Å². The van der Waals surface area contributed by atoms with E-state index in [1.54, 1.807) is 25.1 Å². The Bertz CT molecular complexity index is 510. The fourth-order valence-electron chi connectivity index (χ4n) is 2.56. The van der Waals surface area contributed by atoms with Gasteiger partial charge in [-0.15, -0.1) is 0 Å². The minimum absolute atomic E-state index is 0.00959. The van der Waals surface area contributed by atoms with Crippen LogP contribution in [0, 0.1) is 5.92 Å². The molecular formula is C15H20Cl2N2O2. The van der Waals surface area contributed by atoms with E-state index >= 15 is 0 Å². The minimum Gasteiger partial charge on any atom is -0.479 e. The third-order valence-electron chi connectivity index (χ3n) is 3.66. The molecule has 1 heterocycles. The highest BCUT2D eigenvalue weighted by molar-refractivity contribution is 6.42. The molecule has 1 amide bonds. The quantitative estimate of drug-likeness (QED) is 0.902. The van der Waals surface area contributed by atoms with Gasteiger partial charge in [-0.1, -0.05) is 29.3 Å². The molecule has 1 N–H and O–H groups in total. The van der Waals surface area contributed by atoms with E-state index in [2.05, 4.69) is 5.32 Å². The van der Waals surface area contributed by atoms with Crippen LogP contribution in [0.2, 0.25) is 10.0 Å². The zero-order chi connectivity index (χ0) is 15.4. The van der Waals surface area contributed by atoms with Crippen LogP contribution >= 0.6 is 23.2 Å². The number of nitrogens with zero attached hydrogens (tertiary/aromatic N) is 1. The van der Waals surface area contributed by atoms with Crippen LogP contribution < -0.4 is 10.1 Å². The molecule has 0 unspecified atom stereocenters. The fourth-order valence-corrected chi connectivity index (χ4v) is 2.90. The topological polar surface area (TPSA) is 41.6 Å². The number of amides is 1. The van der Waals surface area contributed by atoms with Gasteiger partial charge in [0.05, 0.1) is 5.02 Å². The molecule has 1 saturated heterocycles. The Morgan fingerprint density at radius 3 is 3.00 bits per heavy atom. The Kier molecular flexibility index (Phi) is 5.73. The third kappa shape index (κ3) is 4.02. The second-order valence-electron chi connectivity index (χ2n) is 5.31. The first-order chi connectivity index (χ1) is 10.0. The van der Waals surface area contributed by atoms with Crippen molar-refractivity contribution in [3.63, 3.8) is 0 Å². The molecule has 1 fully saturated rings. The van der Waals surface area contributed by atoms with Crippen LogP contribution in [0.1, 0.15) is 13.3 Å². The minimum atomic E-state index is -0.575. The van der Waals surface area contributed by atoms with Gasteiger partial charge in [-0.05, 0) is 45.0 Å². The first-order valence-corrected chi connectivity index (χ1v) is 7.82. The molecule has 116 valence electrons. The van der Waals surface area contributed by atoms with E-state index in [9.17, 15) is 4.79 Å². The van der Waals surface area contributed by atoms with Crippen molar-refractivity contribution < 1.29 is 9.53 Å². The molecule has 0 aromatic heterocycles. The molecular weight excluding hydrogens is 311 g/mol. The van der Waals surface area contributed by atoms with Crippen LogP contribution in [0.15, 0.2) is 18.2 Å². The lowest BCUT2D eigenvalue weighted by Gasteiger charge is -2.22. The van der Waals surface area contributed by atoms with Crippen molar-refractivity contribution in [3.05, 3.63) is 28.2 Å². The third-order valence-corrected chi connectivity index (χ3v) is 4.46. The summed E-state index contributed by atoms with van der Waals surface area (Å²) < 4.78 is 5.67. The summed E-state index contributed by atoms with van der Waals surface area (Å²) in [5.74, 6) is 0.946. The van der Waals surface area contributed by atoms with E-state index < -0.39 is 6.10 Å². The molecule has 0 saturated carbocycles. The van der Waals surface area contributed by atoms with Crippen molar-refractivity contribution in [2.24, 2.45) is 5.92 Å². The molecule has 0 aliphatic carbocycles. The van der Waals surface area contributed by atoms with E-state index in [1.165, 1.54) is 0 Å². The first kappa shape index (κ1) is 16.4. The highest BCUT2D eigenvalue weighted by Crippen LogP contribution is 2.32. The summed E-state index contributed by atoms with van der Waals surface area (Å²) in [4.78, 5) is 14.3. The number of nitrogens with one attached hydrogen (secondary N) is 1. The molecule has 21 heavy (non-hydrogen) atoms. The molecule has 2 rings (SSSR count). The second-order valence-corrected chi connectivity index (χ2v) is 6.09. The zero-order valence-electron chi connectivity index (χ0n) is 12.2. The van der Waals surface area contributed by atoms with Crippen LogP contribution in [-0.2, 0) is 4.79 Å². The first-order valence-electron chi connectivity index (χ1n) is 7.07. The van der Waals surface area contributed by atoms with Gasteiger partial charge in [0.15, 0.2) is 6.10 Å². The van der Waals surface area contributed by atoms with Gasteiger partial charge in [0, 0.05) is 13.1 Å². The molecule has 4 nitrogen and oxygen atoms in total. The average molecular weight is 331 g/mol. The van der Waals surface area contributed by atoms with Crippen LogP contribution in [0.3, 0.4) is 0 Å². The number of likely N-dealkylation sites (tertiary alicyclic amines) is 1. The van der Waals surface area contributed by atoms with Crippen molar-refractivity contribution in [1.29, 1.82) is 0 Å². The lowest BCUT2D eigenvalue weighted by atomic mass is 10.1. The smallest absolute Gasteiger partial charge is 0.263 e. The number of benzene rings is 1. The average Bonchev–Trinajstić information content (AvgIpc) is 2.92. The summed E-state index contributed by atoms with van der Waals surface area (Å²) >= 11 is 12.0. The highest BCUT2D eigenvalue weighted by atomic mass is 35.5. The van der Waals surface area contributed by atoms with E-state index in [1.807, 2.05) is 11.9 Å². The molecule has 1 aliphatic rings. The SMILES string of the molecule is CNC[C@@H]1CCN(C(=O)[C@H](C)Oc2cccc(Cl)c2Cl)C1. The van der Waals surface area contributed by atoms with Crippen LogP contribution in [0.4, 0.5) is 0 Å². The number of hydrogen-bond donors (Lipinski definition) is 1. The molecule has 1 aromatic carbocycles. The zero-order valence-corrected chi connectivity index (χ0v) is 13.7. The Hall–Kier alpha value is -0.970. The molecule has 0 bridgehead atoms.